The van der Waals surface area contributed by atoms with Gasteiger partial charge in [0, 0.05) is 22.4 Å². The van der Waals surface area contributed by atoms with E-state index in [2.05, 4.69) is 6.92 Å². The largest absolute Gasteiger partial charge is 0.432 e. The fourth-order valence-corrected chi connectivity index (χ4v) is 4.51. The van der Waals surface area contributed by atoms with Crippen molar-refractivity contribution in [3.05, 3.63) is 0 Å². The Hall–Kier alpha value is -0.650. The average molecular weight is 285 g/mol. The van der Waals surface area contributed by atoms with Crippen molar-refractivity contribution >= 4 is 5.97 Å². The summed E-state index contributed by atoms with van der Waals surface area (Å²) in [4.78, 5) is 23.8. The molecule has 0 N–H and O–H groups in total. The topological polar surface area (TPSA) is 54.0 Å². The summed E-state index contributed by atoms with van der Waals surface area (Å²) in [5.74, 6) is -2.96. The maximum Gasteiger partial charge on any atom is 0.311 e. The fraction of sp³-hybridized carbons (Fsp3) is 0.933. The maximum absolute atomic E-state index is 12.4. The van der Waals surface area contributed by atoms with E-state index in [4.69, 9.17) is 23.4 Å². The van der Waals surface area contributed by atoms with Gasteiger partial charge < -0.3 is 9.47 Å². The standard InChI is InChI=1S/C15H22O5/c1-8-4-5-11-9(2)12(16)17-13-15(11)10(8)6-7-14(3,18-13)19-20-15/h8-11,13H,4-7H2,1-3H3/t8-,9-,10-,11-,13+,14+,15+/m0/s1/i2D3. The second-order valence-electron chi connectivity index (χ2n) is 6.82. The zero-order valence-electron chi connectivity index (χ0n) is 14.8. The van der Waals surface area contributed by atoms with E-state index in [0.717, 1.165) is 12.8 Å². The van der Waals surface area contributed by atoms with Crippen molar-refractivity contribution in [2.75, 3.05) is 0 Å². The summed E-state index contributed by atoms with van der Waals surface area (Å²) < 4.78 is 34.8. The van der Waals surface area contributed by atoms with Crippen molar-refractivity contribution in [1.29, 1.82) is 0 Å². The van der Waals surface area contributed by atoms with E-state index < -0.39 is 42.3 Å². The van der Waals surface area contributed by atoms with E-state index >= 15 is 0 Å². The van der Waals surface area contributed by atoms with Crippen molar-refractivity contribution in [2.45, 2.75) is 64.1 Å². The average Bonchev–Trinajstić information content (AvgIpc) is 2.66. The van der Waals surface area contributed by atoms with Crippen LogP contribution in [0, 0.1) is 23.7 Å². The lowest BCUT2D eigenvalue weighted by molar-refractivity contribution is -0.559. The van der Waals surface area contributed by atoms with Gasteiger partial charge in [0.25, 0.3) is 0 Å². The highest BCUT2D eigenvalue weighted by Gasteiger charge is 2.69. The summed E-state index contributed by atoms with van der Waals surface area (Å²) in [7, 11) is 0. The minimum absolute atomic E-state index is 0.0496. The summed E-state index contributed by atoms with van der Waals surface area (Å²) in [5, 5.41) is 0. The van der Waals surface area contributed by atoms with Crippen LogP contribution in [0.25, 0.3) is 0 Å². The van der Waals surface area contributed by atoms with Crippen molar-refractivity contribution in [1.82, 2.24) is 0 Å². The number of hydrogen-bond donors (Lipinski definition) is 0. The molecule has 5 aliphatic rings. The lowest BCUT2D eigenvalue weighted by atomic mass is 9.58. The Morgan fingerprint density at radius 3 is 2.90 bits per heavy atom. The van der Waals surface area contributed by atoms with Crippen LogP contribution < -0.4 is 0 Å². The molecule has 0 aromatic rings. The first-order chi connectivity index (χ1) is 10.7. The van der Waals surface area contributed by atoms with E-state index in [1.54, 1.807) is 6.92 Å². The van der Waals surface area contributed by atoms with E-state index in [-0.39, 0.29) is 5.92 Å². The third kappa shape index (κ3) is 1.46. The van der Waals surface area contributed by atoms with Gasteiger partial charge in [-0.2, -0.15) is 0 Å². The molecule has 0 unspecified atom stereocenters. The highest BCUT2D eigenvalue weighted by atomic mass is 17.3. The Bertz CT molecular complexity index is 538. The maximum atomic E-state index is 12.4. The molecule has 0 radical (unpaired) electrons. The van der Waals surface area contributed by atoms with Crippen LogP contribution in [0.3, 0.4) is 0 Å². The van der Waals surface area contributed by atoms with Crippen LogP contribution in [0.5, 0.6) is 0 Å². The molecule has 7 atom stereocenters. The molecule has 1 spiro atoms. The second kappa shape index (κ2) is 3.96. The van der Waals surface area contributed by atoms with Crippen molar-refractivity contribution in [3.63, 3.8) is 0 Å². The van der Waals surface area contributed by atoms with Gasteiger partial charge in [-0.1, -0.05) is 13.8 Å². The van der Waals surface area contributed by atoms with Crippen LogP contribution >= 0.6 is 0 Å². The lowest BCUT2D eigenvalue weighted by Crippen LogP contribution is -2.69. The Labute approximate surface area is 123 Å². The summed E-state index contributed by atoms with van der Waals surface area (Å²) in [5.41, 5.74) is -1.01. The Balaban J connectivity index is 1.84. The van der Waals surface area contributed by atoms with Crippen LogP contribution in [0.2, 0.25) is 0 Å². The predicted octanol–water partition coefficient (Wildman–Crippen LogP) is 2.39. The highest BCUT2D eigenvalue weighted by molar-refractivity contribution is 5.74. The van der Waals surface area contributed by atoms with E-state index in [1.807, 2.05) is 0 Å². The minimum atomic E-state index is -2.43. The lowest BCUT2D eigenvalue weighted by Gasteiger charge is -2.57. The van der Waals surface area contributed by atoms with Gasteiger partial charge in [0.2, 0.25) is 12.1 Å². The van der Waals surface area contributed by atoms with Crippen molar-refractivity contribution < 1.29 is 28.2 Å². The third-order valence-electron chi connectivity index (χ3n) is 5.65. The summed E-state index contributed by atoms with van der Waals surface area (Å²) in [6, 6.07) is 0. The normalized spacial score (nSPS) is 60.6. The van der Waals surface area contributed by atoms with Crippen molar-refractivity contribution in [3.8, 4) is 0 Å². The van der Waals surface area contributed by atoms with Gasteiger partial charge in [-0.3, -0.25) is 4.79 Å². The molecule has 2 bridgehead atoms. The second-order valence-corrected chi connectivity index (χ2v) is 6.82. The number of ether oxygens (including phenoxy) is 2. The van der Waals surface area contributed by atoms with Gasteiger partial charge >= 0.3 is 5.97 Å². The number of carbonyl (C=O) groups excluding carboxylic acids is 1. The zero-order chi connectivity index (χ0) is 16.6. The molecule has 0 aromatic carbocycles. The van der Waals surface area contributed by atoms with Crippen molar-refractivity contribution in [2.24, 2.45) is 23.7 Å². The van der Waals surface area contributed by atoms with Crippen LogP contribution in [0.4, 0.5) is 0 Å². The molecule has 4 heterocycles. The third-order valence-corrected chi connectivity index (χ3v) is 5.65. The molecule has 5 nitrogen and oxygen atoms in total. The SMILES string of the molecule is [2H]C([2H])([2H])[C@@H]1C(=O)O[C@@H]2O[C@@]3(C)CC[C@H]4[C@@H](C)CC[C@@H]1[C@@]24OO3. The van der Waals surface area contributed by atoms with Gasteiger partial charge in [0.05, 0.1) is 5.92 Å². The first-order valence-corrected chi connectivity index (χ1v) is 7.42. The quantitative estimate of drug-likeness (QED) is 0.505. The summed E-state index contributed by atoms with van der Waals surface area (Å²) in [6.45, 7) is 1.47. The molecule has 1 aliphatic carbocycles. The van der Waals surface area contributed by atoms with Gasteiger partial charge in [-0.25, -0.2) is 9.78 Å². The van der Waals surface area contributed by atoms with Gasteiger partial charge in [-0.05, 0) is 32.1 Å². The number of fused-ring (bicyclic) bond motifs is 2. The summed E-state index contributed by atoms with van der Waals surface area (Å²) >= 11 is 0. The highest BCUT2D eigenvalue weighted by Crippen LogP contribution is 2.59. The van der Waals surface area contributed by atoms with E-state index in [1.165, 1.54) is 0 Å². The fourth-order valence-electron chi connectivity index (χ4n) is 4.51. The number of hydrogen-bond acceptors (Lipinski definition) is 5. The smallest absolute Gasteiger partial charge is 0.311 e. The Morgan fingerprint density at radius 2 is 2.10 bits per heavy atom. The van der Waals surface area contributed by atoms with Crippen LogP contribution in [0.15, 0.2) is 0 Å². The molecule has 1 saturated carbocycles. The molecule has 4 aliphatic heterocycles. The van der Waals surface area contributed by atoms with Gasteiger partial charge in [0.15, 0.2) is 5.60 Å². The predicted molar refractivity (Wildman–Crippen MR) is 68.0 cm³/mol. The molecule has 0 aromatic heterocycles. The van der Waals surface area contributed by atoms with Gasteiger partial charge in [0.1, 0.15) is 0 Å². The van der Waals surface area contributed by atoms with Crippen LogP contribution in [-0.4, -0.2) is 23.6 Å². The molecular weight excluding hydrogens is 260 g/mol. The monoisotopic (exact) mass is 285 g/mol. The first kappa shape index (κ1) is 10.1. The molecule has 112 valence electrons. The Morgan fingerprint density at radius 1 is 1.25 bits per heavy atom. The molecule has 4 saturated heterocycles. The minimum Gasteiger partial charge on any atom is -0.432 e. The number of rotatable bonds is 0. The summed E-state index contributed by atoms with van der Waals surface area (Å²) in [6.07, 6.45) is 1.99. The first-order valence-electron chi connectivity index (χ1n) is 8.92. The molecule has 0 amide bonds. The zero-order valence-corrected chi connectivity index (χ0v) is 11.8. The molecule has 20 heavy (non-hydrogen) atoms. The van der Waals surface area contributed by atoms with Crippen LogP contribution in [0.1, 0.15) is 50.5 Å². The molecule has 5 fully saturated rings. The molecule has 5 heteroatoms. The molecular formula is C15H22O5. The van der Waals surface area contributed by atoms with E-state index in [0.29, 0.717) is 18.8 Å². The number of esters is 1. The number of carbonyl (C=O) groups is 1. The van der Waals surface area contributed by atoms with E-state index in [9.17, 15) is 4.79 Å². The molecule has 5 rings (SSSR count). The Kier molecular flexibility index (Phi) is 2.01. The van der Waals surface area contributed by atoms with Gasteiger partial charge in [-0.15, -0.1) is 0 Å². The van der Waals surface area contributed by atoms with Crippen LogP contribution in [-0.2, 0) is 24.0 Å².